The topological polar surface area (TPSA) is 25.4 Å². The number of benzene rings is 2. The van der Waals surface area contributed by atoms with E-state index in [1.54, 1.807) is 7.11 Å². The van der Waals surface area contributed by atoms with E-state index in [4.69, 9.17) is 4.74 Å². The van der Waals surface area contributed by atoms with Crippen LogP contribution in [0.25, 0.3) is 0 Å². The minimum Gasteiger partial charge on any atom is -0.497 e. The number of hydrogen-bond donors (Lipinski definition) is 0. The molecule has 0 bridgehead atoms. The van der Waals surface area contributed by atoms with E-state index in [0.717, 1.165) is 57.4 Å². The van der Waals surface area contributed by atoms with E-state index in [-0.39, 0.29) is 0 Å². The van der Waals surface area contributed by atoms with Gasteiger partial charge in [0.1, 0.15) is 5.75 Å². The average molecular weight is 624 g/mol. The molecule has 1 saturated heterocycles. The van der Waals surface area contributed by atoms with Gasteiger partial charge < -0.3 is 14.5 Å². The van der Waals surface area contributed by atoms with Gasteiger partial charge in [0.25, 0.3) is 0 Å². The molecule has 0 aromatic heterocycles. The van der Waals surface area contributed by atoms with Crippen LogP contribution in [0.2, 0.25) is 0 Å². The first-order valence-electron chi connectivity index (χ1n) is 16.4. The third-order valence-electron chi connectivity index (χ3n) is 9.01. The summed E-state index contributed by atoms with van der Waals surface area (Å²) in [6.07, 6.45) is 10.6. The minimum atomic E-state index is 0.889. The van der Waals surface area contributed by atoms with Gasteiger partial charge in [-0.2, -0.15) is 0 Å². The molecule has 8 heteroatoms. The van der Waals surface area contributed by atoms with E-state index in [1.807, 2.05) is 24.1 Å². The van der Waals surface area contributed by atoms with Gasteiger partial charge >= 0.3 is 0 Å². The predicted octanol–water partition coefficient (Wildman–Crippen LogP) is 7.23. The third kappa shape index (κ3) is 10.2. The van der Waals surface area contributed by atoms with Gasteiger partial charge in [-0.1, -0.05) is 31.9 Å². The van der Waals surface area contributed by atoms with E-state index in [0.29, 0.717) is 0 Å². The summed E-state index contributed by atoms with van der Waals surface area (Å²) in [6, 6.07) is 15.6. The van der Waals surface area contributed by atoms with Crippen LogP contribution in [0.4, 0.5) is 5.69 Å². The van der Waals surface area contributed by atoms with Gasteiger partial charge in [0.05, 0.1) is 7.11 Å². The lowest BCUT2D eigenvalue weighted by atomic mass is 9.89. The van der Waals surface area contributed by atoms with Crippen molar-refractivity contribution in [1.82, 2.24) is 17.8 Å². The summed E-state index contributed by atoms with van der Waals surface area (Å²) in [5.74, 6) is 1.85. The Hall–Kier alpha value is -1.68. The lowest BCUT2D eigenvalue weighted by molar-refractivity contribution is 0.189. The monoisotopic (exact) mass is 623 g/mol. The number of ether oxygens (including phenoxy) is 1. The molecule has 43 heavy (non-hydrogen) atoms. The molecule has 2 aliphatic heterocycles. The van der Waals surface area contributed by atoms with Gasteiger partial charge in [-0.15, -0.1) is 0 Å². The molecule has 2 aromatic rings. The van der Waals surface area contributed by atoms with Crippen molar-refractivity contribution < 1.29 is 4.74 Å². The van der Waals surface area contributed by atoms with Crippen LogP contribution in [0.3, 0.4) is 0 Å². The number of rotatable bonds is 8. The highest BCUT2D eigenvalue weighted by Crippen LogP contribution is 2.31. The maximum Gasteiger partial charge on any atom is 0.119 e. The second-order valence-electron chi connectivity index (χ2n) is 12.8. The fourth-order valence-electron chi connectivity index (χ4n) is 6.64. The van der Waals surface area contributed by atoms with E-state index in [1.165, 1.54) is 91.9 Å². The molecule has 0 spiro atoms. The van der Waals surface area contributed by atoms with E-state index >= 15 is 0 Å². The molecule has 0 N–H and O–H groups in total. The second-order valence-corrected chi connectivity index (χ2v) is 15.2. The quantitative estimate of drug-likeness (QED) is 0.225. The number of fused-ring (bicyclic) bond motifs is 1. The van der Waals surface area contributed by atoms with Crippen molar-refractivity contribution in [3.05, 3.63) is 65.7 Å². The first kappa shape index (κ1) is 32.7. The third-order valence-corrected chi connectivity index (χ3v) is 11.2. The SMILES string of the molecule is C=C1CN(Sc2ccc(N(C)C)cc2)CCCN(CC2CCCCC2)CCCN(SN2CCc3cc(OC)ccc3C2)C1. The van der Waals surface area contributed by atoms with Crippen LogP contribution >= 0.6 is 24.1 Å². The Morgan fingerprint density at radius 1 is 0.791 bits per heavy atom. The van der Waals surface area contributed by atoms with Gasteiger partial charge in [-0.05, 0) is 116 Å². The lowest BCUT2D eigenvalue weighted by Crippen LogP contribution is -2.37. The Morgan fingerprint density at radius 2 is 1.49 bits per heavy atom. The van der Waals surface area contributed by atoms with Crippen molar-refractivity contribution in [2.45, 2.75) is 62.8 Å². The van der Waals surface area contributed by atoms with Gasteiger partial charge in [0, 0.05) is 82.6 Å². The van der Waals surface area contributed by atoms with Gasteiger partial charge in [0.2, 0.25) is 0 Å². The molecule has 6 nitrogen and oxygen atoms in total. The fraction of sp³-hybridized carbons (Fsp3) is 0.600. The molecular formula is C35H53N5OS2. The molecule has 0 amide bonds. The molecule has 1 saturated carbocycles. The fourth-order valence-corrected chi connectivity index (χ4v) is 8.81. The van der Waals surface area contributed by atoms with Crippen LogP contribution < -0.4 is 9.64 Å². The zero-order chi connectivity index (χ0) is 30.0. The molecule has 2 fully saturated rings. The first-order chi connectivity index (χ1) is 20.9. The molecule has 1 aliphatic carbocycles. The normalized spacial score (nSPS) is 21.1. The lowest BCUT2D eigenvalue weighted by Gasteiger charge is -2.35. The average Bonchev–Trinajstić information content (AvgIpc) is 3.00. The highest BCUT2D eigenvalue weighted by atomic mass is 32.2. The van der Waals surface area contributed by atoms with E-state index in [2.05, 4.69) is 85.9 Å². The summed E-state index contributed by atoms with van der Waals surface area (Å²) in [5.41, 5.74) is 5.40. The van der Waals surface area contributed by atoms with Crippen LogP contribution in [-0.2, 0) is 13.0 Å². The van der Waals surface area contributed by atoms with Crippen LogP contribution in [0.15, 0.2) is 59.5 Å². The largest absolute Gasteiger partial charge is 0.497 e. The van der Waals surface area contributed by atoms with Crippen molar-refractivity contribution in [3.8, 4) is 5.75 Å². The zero-order valence-electron chi connectivity index (χ0n) is 26.8. The van der Waals surface area contributed by atoms with Crippen molar-refractivity contribution in [2.75, 3.05) is 78.5 Å². The second kappa shape index (κ2) is 16.6. The van der Waals surface area contributed by atoms with E-state index in [9.17, 15) is 0 Å². The highest BCUT2D eigenvalue weighted by molar-refractivity contribution is 7.97. The summed E-state index contributed by atoms with van der Waals surface area (Å²) < 4.78 is 13.2. The summed E-state index contributed by atoms with van der Waals surface area (Å²) in [6.45, 7) is 14.3. The highest BCUT2D eigenvalue weighted by Gasteiger charge is 2.23. The number of methoxy groups -OCH3 is 1. The van der Waals surface area contributed by atoms with Crippen LogP contribution in [0.5, 0.6) is 5.75 Å². The number of nitrogens with zero attached hydrogens (tertiary/aromatic N) is 5. The molecule has 3 aliphatic rings. The molecule has 0 unspecified atom stereocenters. The molecule has 5 rings (SSSR count). The number of hydrogen-bond acceptors (Lipinski definition) is 8. The number of anilines is 1. The Morgan fingerprint density at radius 3 is 2.21 bits per heavy atom. The molecule has 236 valence electrons. The minimum absolute atomic E-state index is 0.889. The summed E-state index contributed by atoms with van der Waals surface area (Å²) >= 11 is 3.84. The van der Waals surface area contributed by atoms with Crippen LogP contribution in [0.1, 0.15) is 56.1 Å². The maximum atomic E-state index is 5.48. The standard InChI is InChI=1S/C35H53N5OS2/c1-29-25-38(42-35-16-13-33(14-17-35)36(2)3)21-8-19-37(27-30-10-6-5-7-11-30)20-9-22-39(26-29)43-40-23-18-31-24-34(41-4)15-12-32(31)28-40/h12-17,24,30H,1,5-11,18-23,25-28H2,2-4H3. The zero-order valence-corrected chi connectivity index (χ0v) is 28.4. The Kier molecular flexibility index (Phi) is 12.6. The molecule has 2 heterocycles. The van der Waals surface area contributed by atoms with Crippen molar-refractivity contribution in [3.63, 3.8) is 0 Å². The molecule has 2 aromatic carbocycles. The molecule has 0 atom stereocenters. The van der Waals surface area contributed by atoms with E-state index < -0.39 is 0 Å². The smallest absolute Gasteiger partial charge is 0.119 e. The van der Waals surface area contributed by atoms with Crippen molar-refractivity contribution >= 4 is 29.8 Å². The Bertz CT molecular complexity index is 1150. The van der Waals surface area contributed by atoms with Crippen molar-refractivity contribution in [1.29, 1.82) is 0 Å². The Labute approximate surface area is 270 Å². The molecule has 0 radical (unpaired) electrons. The predicted molar refractivity (Wildman–Crippen MR) is 186 cm³/mol. The maximum absolute atomic E-state index is 5.48. The van der Waals surface area contributed by atoms with Crippen molar-refractivity contribution in [2.24, 2.45) is 5.92 Å². The van der Waals surface area contributed by atoms with Crippen LogP contribution in [0, 0.1) is 5.92 Å². The van der Waals surface area contributed by atoms with Crippen LogP contribution in [-0.4, -0.2) is 91.4 Å². The van der Waals surface area contributed by atoms with Gasteiger partial charge in [0.15, 0.2) is 0 Å². The van der Waals surface area contributed by atoms with Gasteiger partial charge in [-0.25, -0.2) is 12.9 Å². The summed E-state index contributed by atoms with van der Waals surface area (Å²) in [5, 5.41) is 0. The summed E-state index contributed by atoms with van der Waals surface area (Å²) in [7, 11) is 5.96. The summed E-state index contributed by atoms with van der Waals surface area (Å²) in [4.78, 5) is 6.27. The Balaban J connectivity index is 1.25. The first-order valence-corrected chi connectivity index (χ1v) is 17.9. The van der Waals surface area contributed by atoms with Gasteiger partial charge in [-0.3, -0.25) is 0 Å². The molecular weight excluding hydrogens is 571 g/mol.